The summed E-state index contributed by atoms with van der Waals surface area (Å²) in [6.07, 6.45) is 0.865. The van der Waals surface area contributed by atoms with Gasteiger partial charge in [-0.1, -0.05) is 0 Å². The fourth-order valence-corrected chi connectivity index (χ4v) is 1.61. The highest BCUT2D eigenvalue weighted by atomic mass is 79.9. The fourth-order valence-electron chi connectivity index (χ4n) is 1.18. The van der Waals surface area contributed by atoms with Crippen LogP contribution in [0.1, 0.15) is 31.3 Å². The largest absolute Gasteiger partial charge is 0.460 e. The van der Waals surface area contributed by atoms with E-state index in [1.165, 1.54) is 18.2 Å². The molecule has 0 fully saturated rings. The van der Waals surface area contributed by atoms with Gasteiger partial charge in [0.1, 0.15) is 5.60 Å². The first kappa shape index (κ1) is 14.8. The van der Waals surface area contributed by atoms with Crippen LogP contribution in [0, 0.1) is 0 Å². The number of amides is 1. The molecule has 18 heavy (non-hydrogen) atoms. The third-order valence-corrected chi connectivity index (χ3v) is 2.58. The van der Waals surface area contributed by atoms with Crippen molar-refractivity contribution < 1.29 is 18.7 Å². The van der Waals surface area contributed by atoms with Gasteiger partial charge in [0.2, 0.25) is 5.78 Å². The molecule has 1 rings (SSSR count). The van der Waals surface area contributed by atoms with E-state index in [1.807, 2.05) is 0 Å². The lowest BCUT2D eigenvalue weighted by atomic mass is 10.2. The maximum absolute atomic E-state index is 11.8. The number of hydrogen-bond acceptors (Lipinski definition) is 4. The topological polar surface area (TPSA) is 59.8 Å². The molecule has 0 atom stereocenters. The quantitative estimate of drug-likeness (QED) is 0.804. The molecule has 1 aromatic heterocycles. The third-order valence-electron chi connectivity index (χ3n) is 1.96. The predicted octanol–water partition coefficient (Wildman–Crippen LogP) is 3.09. The number of carbonyl (C=O) groups excluding carboxylic acids is 2. The molecular formula is C12H16BrNO4. The summed E-state index contributed by atoms with van der Waals surface area (Å²) in [7, 11) is 1.50. The number of nitrogens with zero attached hydrogens (tertiary/aromatic N) is 1. The molecule has 6 heteroatoms. The minimum Gasteiger partial charge on any atom is -0.460 e. The molecule has 0 aromatic carbocycles. The van der Waals surface area contributed by atoms with E-state index < -0.39 is 11.7 Å². The first-order valence-corrected chi connectivity index (χ1v) is 6.20. The molecule has 0 unspecified atom stereocenters. The van der Waals surface area contributed by atoms with Gasteiger partial charge in [-0.05, 0) is 42.8 Å². The minimum absolute atomic E-state index is 0.0962. The Balaban J connectivity index is 2.60. The number of furan rings is 1. The predicted molar refractivity (Wildman–Crippen MR) is 69.6 cm³/mol. The van der Waals surface area contributed by atoms with Crippen molar-refractivity contribution in [3.05, 3.63) is 22.6 Å². The number of rotatable bonds is 3. The number of carbonyl (C=O) groups is 2. The van der Waals surface area contributed by atoms with Crippen molar-refractivity contribution in [1.82, 2.24) is 4.90 Å². The van der Waals surface area contributed by atoms with E-state index in [4.69, 9.17) is 9.15 Å². The minimum atomic E-state index is -0.584. The van der Waals surface area contributed by atoms with E-state index in [1.54, 1.807) is 26.8 Å². The molecule has 1 aromatic rings. The van der Waals surface area contributed by atoms with Crippen LogP contribution in [0.5, 0.6) is 0 Å². The molecule has 0 radical (unpaired) electrons. The smallest absolute Gasteiger partial charge is 0.410 e. The number of Topliss-reactive ketones (excluding diaryl/α,β-unsaturated/α-hetero) is 1. The van der Waals surface area contributed by atoms with Crippen LogP contribution in [0.3, 0.4) is 0 Å². The number of hydrogen-bond donors (Lipinski definition) is 0. The van der Waals surface area contributed by atoms with Gasteiger partial charge in [-0.3, -0.25) is 4.79 Å². The Morgan fingerprint density at radius 3 is 2.50 bits per heavy atom. The summed E-state index contributed by atoms with van der Waals surface area (Å²) >= 11 is 3.19. The van der Waals surface area contributed by atoms with Crippen molar-refractivity contribution in [3.63, 3.8) is 0 Å². The molecule has 1 amide bonds. The summed E-state index contributed by atoms with van der Waals surface area (Å²) in [5, 5.41) is 0. The molecular weight excluding hydrogens is 302 g/mol. The van der Waals surface area contributed by atoms with E-state index >= 15 is 0 Å². The summed E-state index contributed by atoms with van der Waals surface area (Å²) in [6.45, 7) is 5.21. The van der Waals surface area contributed by atoms with Crippen LogP contribution < -0.4 is 0 Å². The number of likely N-dealkylation sites (N-methyl/N-ethyl adjacent to an activating group) is 1. The molecule has 5 nitrogen and oxygen atoms in total. The highest BCUT2D eigenvalue weighted by molar-refractivity contribution is 9.10. The molecule has 0 aliphatic carbocycles. The van der Waals surface area contributed by atoms with E-state index in [-0.39, 0.29) is 18.1 Å². The monoisotopic (exact) mass is 317 g/mol. The zero-order chi connectivity index (χ0) is 13.9. The lowest BCUT2D eigenvalue weighted by Gasteiger charge is -2.24. The van der Waals surface area contributed by atoms with Gasteiger partial charge in [0.15, 0.2) is 5.76 Å². The maximum atomic E-state index is 11.8. The van der Waals surface area contributed by atoms with Gasteiger partial charge in [-0.15, -0.1) is 0 Å². The molecule has 0 aliphatic rings. The van der Waals surface area contributed by atoms with E-state index in [9.17, 15) is 9.59 Å². The summed E-state index contributed by atoms with van der Waals surface area (Å²) in [4.78, 5) is 24.7. The first-order valence-electron chi connectivity index (χ1n) is 5.41. The van der Waals surface area contributed by atoms with Crippen LogP contribution >= 0.6 is 15.9 Å². The van der Waals surface area contributed by atoms with Gasteiger partial charge in [-0.2, -0.15) is 0 Å². The Bertz CT molecular complexity index is 447. The number of halogens is 1. The second-order valence-corrected chi connectivity index (χ2v) is 5.71. The molecule has 0 saturated carbocycles. The lowest BCUT2D eigenvalue weighted by Crippen LogP contribution is -2.37. The number of ether oxygens (including phenoxy) is 1. The van der Waals surface area contributed by atoms with Gasteiger partial charge in [0, 0.05) is 7.05 Å². The lowest BCUT2D eigenvalue weighted by molar-refractivity contribution is 0.0292. The Morgan fingerprint density at radius 2 is 2.06 bits per heavy atom. The molecule has 100 valence electrons. The van der Waals surface area contributed by atoms with Gasteiger partial charge in [0.25, 0.3) is 0 Å². The Labute approximate surface area is 114 Å². The van der Waals surface area contributed by atoms with Crippen molar-refractivity contribution in [2.24, 2.45) is 0 Å². The average molecular weight is 318 g/mol. The maximum Gasteiger partial charge on any atom is 0.410 e. The highest BCUT2D eigenvalue weighted by Gasteiger charge is 2.23. The molecule has 0 bridgehead atoms. The Morgan fingerprint density at radius 1 is 1.44 bits per heavy atom. The Kier molecular flexibility index (Phi) is 4.56. The number of ketones is 1. The van der Waals surface area contributed by atoms with E-state index in [0.29, 0.717) is 4.47 Å². The normalized spacial score (nSPS) is 11.2. The first-order chi connectivity index (χ1) is 8.20. The summed E-state index contributed by atoms with van der Waals surface area (Å²) in [6, 6.07) is 1.63. The van der Waals surface area contributed by atoms with E-state index in [0.717, 1.165) is 0 Å². The molecule has 0 N–H and O–H groups in total. The standard InChI is InChI=1S/C12H16BrNO4/c1-12(2,3)18-11(16)14(4)7-9(15)10-8(13)5-6-17-10/h5-6H,7H2,1-4H3. The summed E-state index contributed by atoms with van der Waals surface area (Å²) in [5.41, 5.74) is -0.584. The molecule has 1 heterocycles. The van der Waals surface area contributed by atoms with Crippen molar-refractivity contribution >= 4 is 27.8 Å². The zero-order valence-electron chi connectivity index (χ0n) is 10.8. The van der Waals surface area contributed by atoms with Crippen molar-refractivity contribution in [2.45, 2.75) is 26.4 Å². The van der Waals surface area contributed by atoms with Crippen LogP contribution in [0.2, 0.25) is 0 Å². The molecule has 0 aliphatic heterocycles. The SMILES string of the molecule is CN(CC(=O)c1occc1Br)C(=O)OC(C)(C)C. The molecule has 0 spiro atoms. The fraction of sp³-hybridized carbons (Fsp3) is 0.500. The second kappa shape index (κ2) is 5.56. The highest BCUT2D eigenvalue weighted by Crippen LogP contribution is 2.18. The van der Waals surface area contributed by atoms with Crippen LogP contribution in [0.4, 0.5) is 4.79 Å². The van der Waals surface area contributed by atoms with Crippen molar-refractivity contribution in [3.8, 4) is 0 Å². The van der Waals surface area contributed by atoms with Crippen LogP contribution in [-0.2, 0) is 4.74 Å². The van der Waals surface area contributed by atoms with Crippen molar-refractivity contribution in [1.29, 1.82) is 0 Å². The zero-order valence-corrected chi connectivity index (χ0v) is 12.4. The van der Waals surface area contributed by atoms with Gasteiger partial charge < -0.3 is 14.1 Å². The van der Waals surface area contributed by atoms with Crippen LogP contribution in [-0.4, -0.2) is 36.0 Å². The average Bonchev–Trinajstić information content (AvgIpc) is 2.61. The van der Waals surface area contributed by atoms with Gasteiger partial charge in [0.05, 0.1) is 17.3 Å². The second-order valence-electron chi connectivity index (χ2n) is 4.86. The van der Waals surface area contributed by atoms with E-state index in [2.05, 4.69) is 15.9 Å². The Hall–Kier alpha value is -1.30. The third kappa shape index (κ3) is 4.18. The van der Waals surface area contributed by atoms with Crippen LogP contribution in [0.25, 0.3) is 0 Å². The molecule has 0 saturated heterocycles. The van der Waals surface area contributed by atoms with Gasteiger partial charge >= 0.3 is 6.09 Å². The van der Waals surface area contributed by atoms with Gasteiger partial charge in [-0.25, -0.2) is 4.79 Å². The van der Waals surface area contributed by atoms with Crippen LogP contribution in [0.15, 0.2) is 21.2 Å². The van der Waals surface area contributed by atoms with Crippen molar-refractivity contribution in [2.75, 3.05) is 13.6 Å². The summed E-state index contributed by atoms with van der Waals surface area (Å²) < 4.78 is 10.7. The summed E-state index contributed by atoms with van der Waals surface area (Å²) in [5.74, 6) is -0.0920.